The Hall–Kier alpha value is -1.75. The van der Waals surface area contributed by atoms with Gasteiger partial charge < -0.3 is 10.5 Å². The molecule has 0 fully saturated rings. The zero-order valence-corrected chi connectivity index (χ0v) is 10.3. The number of halogens is 1. The molecule has 2 N–H and O–H groups in total. The van der Waals surface area contributed by atoms with Gasteiger partial charge in [0.25, 0.3) is 5.91 Å². The minimum absolute atomic E-state index is 0.174. The smallest absolute Gasteiger partial charge is 0.414 e. The van der Waals surface area contributed by atoms with Crippen LogP contribution in [0.3, 0.4) is 0 Å². The molecule has 0 aromatic heterocycles. The summed E-state index contributed by atoms with van der Waals surface area (Å²) < 4.78 is 4.82. The predicted octanol–water partition coefficient (Wildman–Crippen LogP) is 2.03. The van der Waals surface area contributed by atoms with Crippen LogP contribution in [-0.4, -0.2) is 25.7 Å². The van der Waals surface area contributed by atoms with Crippen molar-refractivity contribution in [2.75, 3.05) is 18.6 Å². The Morgan fingerprint density at radius 2 is 2.12 bits per heavy atom. The van der Waals surface area contributed by atoms with Crippen LogP contribution in [-0.2, 0) is 4.74 Å². The van der Waals surface area contributed by atoms with E-state index in [-0.39, 0.29) is 12.2 Å². The third-order valence-corrected chi connectivity index (χ3v) is 2.36. The second-order valence-corrected chi connectivity index (χ2v) is 3.72. The third kappa shape index (κ3) is 3.10. The number of nitrogens with zero attached hydrogens (tertiary/aromatic N) is 1. The number of primary amides is 1. The average Bonchev–Trinajstić information content (AvgIpc) is 2.28. The fourth-order valence-electron chi connectivity index (χ4n) is 1.32. The van der Waals surface area contributed by atoms with E-state index < -0.39 is 12.0 Å². The Balaban J connectivity index is 3.12. The summed E-state index contributed by atoms with van der Waals surface area (Å²) in [4.78, 5) is 24.0. The number of ether oxygens (including phenoxy) is 1. The van der Waals surface area contributed by atoms with Gasteiger partial charge in [-0.25, -0.2) is 4.79 Å². The Morgan fingerprint density at radius 3 is 2.65 bits per heavy atom. The standard InChI is InChI=1S/C11H13ClN2O3/c1-3-17-11(16)14(2)9-5-4-7(12)6-8(9)10(13)15/h4-6H,3H2,1-2H3,(H2,13,15). The molecule has 0 aliphatic rings. The maximum Gasteiger partial charge on any atom is 0.414 e. The minimum Gasteiger partial charge on any atom is -0.449 e. The summed E-state index contributed by atoms with van der Waals surface area (Å²) >= 11 is 5.76. The van der Waals surface area contributed by atoms with Gasteiger partial charge in [0, 0.05) is 12.1 Å². The Bertz CT molecular complexity index is 448. The number of nitrogens with two attached hydrogens (primary N) is 1. The fourth-order valence-corrected chi connectivity index (χ4v) is 1.49. The van der Waals surface area contributed by atoms with Gasteiger partial charge in [0.1, 0.15) is 0 Å². The first-order valence-electron chi connectivity index (χ1n) is 4.97. The summed E-state index contributed by atoms with van der Waals surface area (Å²) in [5, 5.41) is 0.375. The van der Waals surface area contributed by atoms with Crippen molar-refractivity contribution in [3.8, 4) is 0 Å². The van der Waals surface area contributed by atoms with Gasteiger partial charge in [-0.3, -0.25) is 9.69 Å². The zero-order valence-electron chi connectivity index (χ0n) is 9.57. The van der Waals surface area contributed by atoms with E-state index in [1.54, 1.807) is 19.1 Å². The molecule has 0 spiro atoms. The molecule has 0 saturated heterocycles. The maximum atomic E-state index is 11.5. The lowest BCUT2D eigenvalue weighted by molar-refractivity contribution is 0.100. The van der Waals surface area contributed by atoms with Gasteiger partial charge in [-0.05, 0) is 25.1 Å². The Kier molecular flexibility index (Phi) is 4.34. The van der Waals surface area contributed by atoms with E-state index in [4.69, 9.17) is 22.1 Å². The molecular weight excluding hydrogens is 244 g/mol. The van der Waals surface area contributed by atoms with E-state index in [0.29, 0.717) is 10.7 Å². The van der Waals surface area contributed by atoms with Crippen molar-refractivity contribution in [1.82, 2.24) is 0 Å². The second kappa shape index (κ2) is 5.54. The molecule has 92 valence electrons. The van der Waals surface area contributed by atoms with Crippen LogP contribution in [0.1, 0.15) is 17.3 Å². The van der Waals surface area contributed by atoms with Gasteiger partial charge in [0.05, 0.1) is 17.9 Å². The first kappa shape index (κ1) is 13.3. The number of hydrogen-bond acceptors (Lipinski definition) is 3. The normalized spacial score (nSPS) is 9.82. The lowest BCUT2D eigenvalue weighted by atomic mass is 10.1. The number of amides is 2. The van der Waals surface area contributed by atoms with Crippen molar-refractivity contribution in [2.24, 2.45) is 5.73 Å². The molecule has 0 aliphatic heterocycles. The molecule has 0 unspecified atom stereocenters. The highest BCUT2D eigenvalue weighted by molar-refractivity contribution is 6.31. The molecular formula is C11H13ClN2O3. The number of carbonyl (C=O) groups excluding carboxylic acids is 2. The van der Waals surface area contributed by atoms with Gasteiger partial charge in [-0.1, -0.05) is 11.6 Å². The SMILES string of the molecule is CCOC(=O)N(C)c1ccc(Cl)cc1C(N)=O. The number of carbonyl (C=O) groups is 2. The van der Waals surface area contributed by atoms with Gasteiger partial charge >= 0.3 is 6.09 Å². The van der Waals surface area contributed by atoms with Crippen molar-refractivity contribution in [3.63, 3.8) is 0 Å². The third-order valence-electron chi connectivity index (χ3n) is 2.13. The van der Waals surface area contributed by atoms with Crippen molar-refractivity contribution >= 4 is 29.3 Å². The first-order chi connectivity index (χ1) is 7.97. The van der Waals surface area contributed by atoms with Gasteiger partial charge in [0.15, 0.2) is 0 Å². The van der Waals surface area contributed by atoms with Gasteiger partial charge in [-0.15, -0.1) is 0 Å². The second-order valence-electron chi connectivity index (χ2n) is 3.28. The summed E-state index contributed by atoms with van der Waals surface area (Å²) in [6, 6.07) is 4.52. The van der Waals surface area contributed by atoms with Crippen LogP contribution in [0.4, 0.5) is 10.5 Å². The highest BCUT2D eigenvalue weighted by atomic mass is 35.5. The van der Waals surface area contributed by atoms with E-state index in [0.717, 1.165) is 0 Å². The average molecular weight is 257 g/mol. The van der Waals surface area contributed by atoms with Crippen LogP contribution in [0.15, 0.2) is 18.2 Å². The topological polar surface area (TPSA) is 72.6 Å². The minimum atomic E-state index is -0.654. The quantitative estimate of drug-likeness (QED) is 0.899. The summed E-state index contributed by atoms with van der Waals surface area (Å²) in [5.41, 5.74) is 5.75. The van der Waals surface area contributed by atoms with Crippen LogP contribution in [0.2, 0.25) is 5.02 Å². The molecule has 1 aromatic carbocycles. The zero-order chi connectivity index (χ0) is 13.0. The van der Waals surface area contributed by atoms with Gasteiger partial charge in [0.2, 0.25) is 0 Å². The molecule has 6 heteroatoms. The number of rotatable bonds is 3. The molecule has 0 saturated carbocycles. The largest absolute Gasteiger partial charge is 0.449 e. The monoisotopic (exact) mass is 256 g/mol. The maximum absolute atomic E-state index is 11.5. The molecule has 0 aliphatic carbocycles. The van der Waals surface area contributed by atoms with Crippen LogP contribution >= 0.6 is 11.6 Å². The molecule has 17 heavy (non-hydrogen) atoms. The summed E-state index contributed by atoms with van der Waals surface area (Å²) in [6.45, 7) is 1.95. The van der Waals surface area contributed by atoms with E-state index in [1.807, 2.05) is 0 Å². The van der Waals surface area contributed by atoms with Crippen molar-refractivity contribution < 1.29 is 14.3 Å². The van der Waals surface area contributed by atoms with Crippen LogP contribution in [0, 0.1) is 0 Å². The Morgan fingerprint density at radius 1 is 1.47 bits per heavy atom. The highest BCUT2D eigenvalue weighted by Crippen LogP contribution is 2.23. The molecule has 1 aromatic rings. The molecule has 0 radical (unpaired) electrons. The molecule has 5 nitrogen and oxygen atoms in total. The number of hydrogen-bond donors (Lipinski definition) is 1. The van der Waals surface area contributed by atoms with Crippen LogP contribution in [0.25, 0.3) is 0 Å². The predicted molar refractivity (Wildman–Crippen MR) is 65.4 cm³/mol. The summed E-state index contributed by atoms with van der Waals surface area (Å²) in [7, 11) is 1.49. The lowest BCUT2D eigenvalue weighted by Gasteiger charge is -2.18. The number of anilines is 1. The summed E-state index contributed by atoms with van der Waals surface area (Å²) in [5.74, 6) is -0.654. The molecule has 0 bridgehead atoms. The number of benzene rings is 1. The van der Waals surface area contributed by atoms with E-state index in [2.05, 4.69) is 0 Å². The van der Waals surface area contributed by atoms with E-state index in [9.17, 15) is 9.59 Å². The summed E-state index contributed by atoms with van der Waals surface area (Å²) in [6.07, 6.45) is -0.558. The molecule has 0 atom stereocenters. The van der Waals surface area contributed by atoms with E-state index in [1.165, 1.54) is 18.0 Å². The molecule has 2 amide bonds. The lowest BCUT2D eigenvalue weighted by Crippen LogP contribution is -2.29. The molecule has 1 rings (SSSR count). The van der Waals surface area contributed by atoms with Crippen molar-refractivity contribution in [1.29, 1.82) is 0 Å². The van der Waals surface area contributed by atoms with Crippen LogP contribution in [0.5, 0.6) is 0 Å². The first-order valence-corrected chi connectivity index (χ1v) is 5.35. The van der Waals surface area contributed by atoms with Crippen molar-refractivity contribution in [3.05, 3.63) is 28.8 Å². The molecule has 0 heterocycles. The highest BCUT2D eigenvalue weighted by Gasteiger charge is 2.18. The fraction of sp³-hybridized carbons (Fsp3) is 0.273. The van der Waals surface area contributed by atoms with Crippen LogP contribution < -0.4 is 10.6 Å². The van der Waals surface area contributed by atoms with Gasteiger partial charge in [-0.2, -0.15) is 0 Å². The van der Waals surface area contributed by atoms with E-state index >= 15 is 0 Å². The Labute approximate surface area is 104 Å². The van der Waals surface area contributed by atoms with Crippen molar-refractivity contribution in [2.45, 2.75) is 6.92 Å².